The van der Waals surface area contributed by atoms with Crippen LogP contribution >= 0.6 is 11.8 Å². The van der Waals surface area contributed by atoms with Gasteiger partial charge in [0.15, 0.2) is 11.5 Å². The van der Waals surface area contributed by atoms with Crippen LogP contribution in [0.4, 0.5) is 0 Å². The van der Waals surface area contributed by atoms with E-state index >= 15 is 0 Å². The van der Waals surface area contributed by atoms with Crippen molar-refractivity contribution in [1.29, 1.82) is 0 Å². The van der Waals surface area contributed by atoms with Gasteiger partial charge in [-0.25, -0.2) is 0 Å². The molecule has 0 radical (unpaired) electrons. The molecule has 0 fully saturated rings. The highest BCUT2D eigenvalue weighted by molar-refractivity contribution is 7.99. The Morgan fingerprint density at radius 3 is 2.57 bits per heavy atom. The Kier molecular flexibility index (Phi) is 4.14. The summed E-state index contributed by atoms with van der Waals surface area (Å²) in [4.78, 5) is 0. The zero-order valence-corrected chi connectivity index (χ0v) is 9.34. The molecule has 0 aliphatic rings. The number of rotatable bonds is 4. The Labute approximate surface area is 89.0 Å². The fourth-order valence-corrected chi connectivity index (χ4v) is 1.91. The molecule has 0 aliphatic heterocycles. The molecule has 78 valence electrons. The number of phenolic OH excluding ortho intramolecular Hbond substituents is 2. The minimum Gasteiger partial charge on any atom is -0.504 e. The van der Waals surface area contributed by atoms with Crippen molar-refractivity contribution in [3.05, 3.63) is 23.8 Å². The van der Waals surface area contributed by atoms with Crippen LogP contribution in [-0.4, -0.2) is 15.5 Å². The van der Waals surface area contributed by atoms with E-state index in [9.17, 15) is 5.11 Å². The lowest BCUT2D eigenvalue weighted by Crippen LogP contribution is -1.93. The van der Waals surface area contributed by atoms with Gasteiger partial charge in [-0.3, -0.25) is 0 Å². The molecule has 0 bridgehead atoms. The second-order valence-electron chi connectivity index (χ2n) is 3.35. The molecule has 0 saturated heterocycles. The molecule has 14 heavy (non-hydrogen) atoms. The predicted molar refractivity (Wildman–Crippen MR) is 60.8 cm³/mol. The molecular formula is C11H16O2S. The Morgan fingerprint density at radius 1 is 1.29 bits per heavy atom. The Morgan fingerprint density at radius 2 is 2.00 bits per heavy atom. The van der Waals surface area contributed by atoms with E-state index in [1.807, 2.05) is 17.8 Å². The van der Waals surface area contributed by atoms with Gasteiger partial charge in [-0.2, -0.15) is 11.8 Å². The molecule has 0 amide bonds. The molecule has 3 heteroatoms. The molecule has 0 saturated carbocycles. The number of aromatic hydroxyl groups is 2. The lowest BCUT2D eigenvalue weighted by Gasteiger charge is -2.08. The molecule has 0 spiro atoms. The average molecular weight is 212 g/mol. The molecule has 2 N–H and O–H groups in total. The molecule has 1 rings (SSSR count). The van der Waals surface area contributed by atoms with Gasteiger partial charge >= 0.3 is 0 Å². The first-order valence-corrected chi connectivity index (χ1v) is 5.80. The molecule has 0 aromatic heterocycles. The van der Waals surface area contributed by atoms with Crippen molar-refractivity contribution in [2.45, 2.75) is 31.3 Å². The second kappa shape index (κ2) is 5.15. The van der Waals surface area contributed by atoms with Crippen LogP contribution in [0.5, 0.6) is 11.5 Å². The number of phenols is 2. The lowest BCUT2D eigenvalue weighted by molar-refractivity contribution is 0.403. The third-order valence-corrected chi connectivity index (χ3v) is 3.55. The first-order valence-electron chi connectivity index (χ1n) is 4.76. The number of hydrogen-bond acceptors (Lipinski definition) is 3. The lowest BCUT2D eigenvalue weighted by atomic mass is 10.2. The van der Waals surface area contributed by atoms with Gasteiger partial charge in [0.2, 0.25) is 0 Å². The number of thioether (sulfide) groups is 1. The monoisotopic (exact) mass is 212 g/mol. The van der Waals surface area contributed by atoms with Crippen LogP contribution in [0.2, 0.25) is 0 Å². The maximum Gasteiger partial charge on any atom is 0.157 e. The highest BCUT2D eigenvalue weighted by atomic mass is 32.2. The van der Waals surface area contributed by atoms with Crippen molar-refractivity contribution in [2.75, 3.05) is 0 Å². The number of benzene rings is 1. The van der Waals surface area contributed by atoms with E-state index in [4.69, 9.17) is 5.11 Å². The zero-order chi connectivity index (χ0) is 10.6. The first kappa shape index (κ1) is 11.2. The highest BCUT2D eigenvalue weighted by Gasteiger charge is 2.03. The summed E-state index contributed by atoms with van der Waals surface area (Å²) in [5, 5.41) is 19.0. The smallest absolute Gasteiger partial charge is 0.157 e. The van der Waals surface area contributed by atoms with Gasteiger partial charge in [0.1, 0.15) is 0 Å². The van der Waals surface area contributed by atoms with Crippen LogP contribution in [-0.2, 0) is 5.75 Å². The Hall–Kier alpha value is -0.830. The molecule has 0 aliphatic carbocycles. The van der Waals surface area contributed by atoms with Crippen molar-refractivity contribution in [3.63, 3.8) is 0 Å². The summed E-state index contributed by atoms with van der Waals surface area (Å²) < 4.78 is 0. The summed E-state index contributed by atoms with van der Waals surface area (Å²) in [6.07, 6.45) is 1.15. The fraction of sp³-hybridized carbons (Fsp3) is 0.455. The van der Waals surface area contributed by atoms with E-state index in [0.29, 0.717) is 5.25 Å². The van der Waals surface area contributed by atoms with Crippen molar-refractivity contribution in [1.82, 2.24) is 0 Å². The summed E-state index contributed by atoms with van der Waals surface area (Å²) in [7, 11) is 0. The van der Waals surface area contributed by atoms with Gasteiger partial charge in [-0.15, -0.1) is 0 Å². The molecule has 0 unspecified atom stereocenters. The third-order valence-electron chi connectivity index (χ3n) is 2.15. The van der Waals surface area contributed by atoms with E-state index in [2.05, 4.69) is 13.8 Å². The van der Waals surface area contributed by atoms with Crippen molar-refractivity contribution >= 4 is 11.8 Å². The van der Waals surface area contributed by atoms with Crippen molar-refractivity contribution < 1.29 is 10.2 Å². The topological polar surface area (TPSA) is 40.5 Å². The zero-order valence-electron chi connectivity index (χ0n) is 8.53. The summed E-state index contributed by atoms with van der Waals surface area (Å²) in [6, 6.07) is 4.98. The standard InChI is InChI=1S/C11H16O2S/c1-3-8(2)14-7-9-4-5-10(12)11(13)6-9/h4-6,8,12-13H,3,7H2,1-2H3/t8-/m0/s1. The number of hydrogen-bond donors (Lipinski definition) is 2. The maximum absolute atomic E-state index is 9.26. The molecule has 0 heterocycles. The van der Waals surface area contributed by atoms with Gasteiger partial charge in [0.25, 0.3) is 0 Å². The molecule has 1 aromatic carbocycles. The summed E-state index contributed by atoms with van der Waals surface area (Å²) >= 11 is 1.85. The van der Waals surface area contributed by atoms with Crippen molar-refractivity contribution in [2.24, 2.45) is 0 Å². The minimum absolute atomic E-state index is 0.0350. The maximum atomic E-state index is 9.26. The first-order chi connectivity index (χ1) is 6.63. The minimum atomic E-state index is -0.0534. The predicted octanol–water partition coefficient (Wildman–Crippen LogP) is 3.13. The summed E-state index contributed by atoms with van der Waals surface area (Å²) in [5.74, 6) is 0.789. The van der Waals surface area contributed by atoms with E-state index < -0.39 is 0 Å². The SMILES string of the molecule is CC[C@H](C)SCc1ccc(O)c(O)c1. The van der Waals surface area contributed by atoms with E-state index in [1.165, 1.54) is 6.07 Å². The van der Waals surface area contributed by atoms with E-state index in [1.54, 1.807) is 6.07 Å². The van der Waals surface area contributed by atoms with E-state index in [0.717, 1.165) is 17.7 Å². The molecule has 1 aromatic rings. The molecule has 1 atom stereocenters. The van der Waals surface area contributed by atoms with Gasteiger partial charge in [-0.05, 0) is 24.1 Å². The fourth-order valence-electron chi connectivity index (χ4n) is 1.02. The molecular weight excluding hydrogens is 196 g/mol. The van der Waals surface area contributed by atoms with E-state index in [-0.39, 0.29) is 11.5 Å². The largest absolute Gasteiger partial charge is 0.504 e. The van der Waals surface area contributed by atoms with Gasteiger partial charge in [-0.1, -0.05) is 19.9 Å². The Balaban J connectivity index is 2.55. The van der Waals surface area contributed by atoms with Crippen LogP contribution < -0.4 is 0 Å². The third kappa shape index (κ3) is 3.14. The normalized spacial score (nSPS) is 12.7. The van der Waals surface area contributed by atoms with Crippen LogP contribution in [0.25, 0.3) is 0 Å². The van der Waals surface area contributed by atoms with Gasteiger partial charge < -0.3 is 10.2 Å². The van der Waals surface area contributed by atoms with Gasteiger partial charge in [0.05, 0.1) is 0 Å². The average Bonchev–Trinajstić information content (AvgIpc) is 2.19. The second-order valence-corrected chi connectivity index (χ2v) is 4.78. The van der Waals surface area contributed by atoms with Crippen LogP contribution in [0.15, 0.2) is 18.2 Å². The quantitative estimate of drug-likeness (QED) is 0.753. The van der Waals surface area contributed by atoms with Gasteiger partial charge in [0, 0.05) is 11.0 Å². The highest BCUT2D eigenvalue weighted by Crippen LogP contribution is 2.28. The summed E-state index contributed by atoms with van der Waals surface area (Å²) in [5.41, 5.74) is 1.05. The Bertz CT molecular complexity index is 299. The summed E-state index contributed by atoms with van der Waals surface area (Å²) in [6.45, 7) is 4.34. The van der Waals surface area contributed by atoms with Crippen LogP contribution in [0, 0.1) is 0 Å². The van der Waals surface area contributed by atoms with Crippen LogP contribution in [0.1, 0.15) is 25.8 Å². The van der Waals surface area contributed by atoms with Crippen molar-refractivity contribution in [3.8, 4) is 11.5 Å². The molecule has 2 nitrogen and oxygen atoms in total. The van der Waals surface area contributed by atoms with Crippen LogP contribution in [0.3, 0.4) is 0 Å².